The van der Waals surface area contributed by atoms with E-state index < -0.39 is 0 Å². The van der Waals surface area contributed by atoms with Crippen molar-refractivity contribution in [2.75, 3.05) is 0 Å². The summed E-state index contributed by atoms with van der Waals surface area (Å²) in [4.78, 5) is 0. The average molecular weight is 122 g/mol. The van der Waals surface area contributed by atoms with Crippen molar-refractivity contribution < 1.29 is 0 Å². The van der Waals surface area contributed by atoms with E-state index in [1.807, 2.05) is 0 Å². The van der Waals surface area contributed by atoms with Gasteiger partial charge in [0.05, 0.1) is 12.0 Å². The first-order valence-corrected chi connectivity index (χ1v) is 3.31. The minimum absolute atomic E-state index is 0.0567. The third kappa shape index (κ3) is 1.29. The van der Waals surface area contributed by atoms with Crippen LogP contribution in [0.25, 0.3) is 0 Å². The molecule has 0 aromatic rings. The number of rotatable bonds is 0. The van der Waals surface area contributed by atoms with Gasteiger partial charge < -0.3 is 5.41 Å². The van der Waals surface area contributed by atoms with Gasteiger partial charge in [0.2, 0.25) is 0 Å². The molecule has 48 valence electrons. The van der Waals surface area contributed by atoms with Crippen LogP contribution in [0.1, 0.15) is 25.7 Å². The Morgan fingerprint density at radius 3 is 2.78 bits per heavy atom. The molecule has 1 saturated carbocycles. The molecule has 0 amide bonds. The SMILES string of the molecule is N#C[C@H]1CCCCC1=N. The van der Waals surface area contributed by atoms with Crippen molar-refractivity contribution >= 4 is 5.71 Å². The Balaban J connectivity index is 2.51. The maximum Gasteiger partial charge on any atom is 0.0838 e. The van der Waals surface area contributed by atoms with E-state index in [1.54, 1.807) is 0 Å². The van der Waals surface area contributed by atoms with Crippen molar-refractivity contribution in [1.29, 1.82) is 10.7 Å². The van der Waals surface area contributed by atoms with E-state index in [0.29, 0.717) is 5.71 Å². The average Bonchev–Trinajstić information content (AvgIpc) is 1.89. The molecule has 1 atom stereocenters. The molecule has 0 spiro atoms. The van der Waals surface area contributed by atoms with Crippen LogP contribution in [0.15, 0.2) is 0 Å². The molecule has 2 nitrogen and oxygen atoms in total. The fourth-order valence-corrected chi connectivity index (χ4v) is 1.15. The second-order valence-electron chi connectivity index (χ2n) is 2.45. The molecular formula is C7H10N2. The number of nitrogens with one attached hydrogen (secondary N) is 1. The second-order valence-corrected chi connectivity index (χ2v) is 2.45. The van der Waals surface area contributed by atoms with Gasteiger partial charge in [0.15, 0.2) is 0 Å². The van der Waals surface area contributed by atoms with Crippen LogP contribution in [0.5, 0.6) is 0 Å². The molecule has 0 saturated heterocycles. The fraction of sp³-hybridized carbons (Fsp3) is 0.714. The van der Waals surface area contributed by atoms with Gasteiger partial charge in [-0.3, -0.25) is 0 Å². The molecule has 1 aliphatic rings. The molecule has 2 heteroatoms. The molecule has 1 fully saturated rings. The van der Waals surface area contributed by atoms with E-state index in [-0.39, 0.29) is 5.92 Å². The monoisotopic (exact) mass is 122 g/mol. The van der Waals surface area contributed by atoms with E-state index in [4.69, 9.17) is 10.7 Å². The van der Waals surface area contributed by atoms with Gasteiger partial charge in [0.25, 0.3) is 0 Å². The lowest BCUT2D eigenvalue weighted by atomic mass is 9.89. The maximum absolute atomic E-state index is 8.47. The van der Waals surface area contributed by atoms with Crippen LogP contribution in [-0.4, -0.2) is 5.71 Å². The van der Waals surface area contributed by atoms with Crippen LogP contribution >= 0.6 is 0 Å². The van der Waals surface area contributed by atoms with Gasteiger partial charge in [0.1, 0.15) is 0 Å². The summed E-state index contributed by atoms with van der Waals surface area (Å²) in [6.07, 6.45) is 3.99. The quantitative estimate of drug-likeness (QED) is 0.522. The minimum atomic E-state index is -0.0567. The predicted octanol–water partition coefficient (Wildman–Crippen LogP) is 1.72. The highest BCUT2D eigenvalue weighted by Gasteiger charge is 2.17. The number of hydrogen-bond donors (Lipinski definition) is 1. The summed E-state index contributed by atoms with van der Waals surface area (Å²) < 4.78 is 0. The molecule has 0 bridgehead atoms. The molecule has 0 unspecified atom stereocenters. The highest BCUT2D eigenvalue weighted by molar-refractivity contribution is 5.86. The third-order valence-corrected chi connectivity index (χ3v) is 1.77. The zero-order valence-corrected chi connectivity index (χ0v) is 5.35. The molecule has 0 heterocycles. The van der Waals surface area contributed by atoms with Crippen LogP contribution in [0.3, 0.4) is 0 Å². The smallest absolute Gasteiger partial charge is 0.0838 e. The Morgan fingerprint density at radius 1 is 1.56 bits per heavy atom. The Bertz CT molecular complexity index is 155. The van der Waals surface area contributed by atoms with E-state index in [9.17, 15) is 0 Å². The fourth-order valence-electron chi connectivity index (χ4n) is 1.15. The molecule has 1 N–H and O–H groups in total. The van der Waals surface area contributed by atoms with Gasteiger partial charge in [-0.25, -0.2) is 0 Å². The highest BCUT2D eigenvalue weighted by Crippen LogP contribution is 2.19. The van der Waals surface area contributed by atoms with Crippen LogP contribution in [-0.2, 0) is 0 Å². The maximum atomic E-state index is 8.47. The Kier molecular flexibility index (Phi) is 1.84. The second kappa shape index (κ2) is 2.63. The van der Waals surface area contributed by atoms with E-state index in [1.165, 1.54) is 0 Å². The molecule has 0 aromatic heterocycles. The van der Waals surface area contributed by atoms with Gasteiger partial charge in [-0.15, -0.1) is 0 Å². The summed E-state index contributed by atoms with van der Waals surface area (Å²) in [6, 6.07) is 2.13. The topological polar surface area (TPSA) is 47.6 Å². The summed E-state index contributed by atoms with van der Waals surface area (Å²) >= 11 is 0. The van der Waals surface area contributed by atoms with Crippen molar-refractivity contribution in [1.82, 2.24) is 0 Å². The van der Waals surface area contributed by atoms with E-state index in [2.05, 4.69) is 6.07 Å². The van der Waals surface area contributed by atoms with Crippen molar-refractivity contribution in [3.63, 3.8) is 0 Å². The lowest BCUT2D eigenvalue weighted by Gasteiger charge is -2.15. The normalized spacial score (nSPS) is 27.4. The molecule has 0 aromatic carbocycles. The molecule has 0 radical (unpaired) electrons. The van der Waals surface area contributed by atoms with Crippen molar-refractivity contribution in [2.24, 2.45) is 5.92 Å². The molecule has 1 rings (SSSR count). The molecular weight excluding hydrogens is 112 g/mol. The summed E-state index contributed by atoms with van der Waals surface area (Å²) in [7, 11) is 0. The van der Waals surface area contributed by atoms with E-state index >= 15 is 0 Å². The van der Waals surface area contributed by atoms with Crippen molar-refractivity contribution in [3.05, 3.63) is 0 Å². The highest BCUT2D eigenvalue weighted by atomic mass is 14.5. The van der Waals surface area contributed by atoms with Crippen molar-refractivity contribution in [3.8, 4) is 6.07 Å². The van der Waals surface area contributed by atoms with Gasteiger partial charge in [-0.05, 0) is 19.3 Å². The largest absolute Gasteiger partial charge is 0.308 e. The number of nitriles is 1. The first kappa shape index (κ1) is 6.28. The molecule has 9 heavy (non-hydrogen) atoms. The number of nitrogens with zero attached hydrogens (tertiary/aromatic N) is 1. The lowest BCUT2D eigenvalue weighted by Crippen LogP contribution is -2.15. The van der Waals surface area contributed by atoms with Gasteiger partial charge >= 0.3 is 0 Å². The summed E-state index contributed by atoms with van der Waals surface area (Å²) in [5.41, 5.74) is 0.642. The Hall–Kier alpha value is -0.840. The predicted molar refractivity (Wildman–Crippen MR) is 35.3 cm³/mol. The zero-order valence-electron chi connectivity index (χ0n) is 5.35. The molecule has 1 aliphatic carbocycles. The summed E-state index contributed by atoms with van der Waals surface area (Å²) in [5.74, 6) is -0.0567. The zero-order chi connectivity index (χ0) is 6.69. The lowest BCUT2D eigenvalue weighted by molar-refractivity contribution is 0.598. The Labute approximate surface area is 55.0 Å². The first-order chi connectivity index (χ1) is 4.34. The minimum Gasteiger partial charge on any atom is -0.308 e. The van der Waals surface area contributed by atoms with Crippen LogP contribution < -0.4 is 0 Å². The van der Waals surface area contributed by atoms with Crippen molar-refractivity contribution in [2.45, 2.75) is 25.7 Å². The summed E-state index contributed by atoms with van der Waals surface area (Å²) in [5, 5.41) is 15.8. The van der Waals surface area contributed by atoms with Gasteiger partial charge in [0, 0.05) is 5.71 Å². The third-order valence-electron chi connectivity index (χ3n) is 1.77. The Morgan fingerprint density at radius 2 is 2.33 bits per heavy atom. The standard InChI is InChI=1S/C7H10N2/c8-5-6-3-1-2-4-7(6)9/h6,9H,1-4H2/t6-/m1/s1. The first-order valence-electron chi connectivity index (χ1n) is 3.31. The summed E-state index contributed by atoms with van der Waals surface area (Å²) in [6.45, 7) is 0. The van der Waals surface area contributed by atoms with Crippen LogP contribution in [0, 0.1) is 22.7 Å². The van der Waals surface area contributed by atoms with Crippen LogP contribution in [0.2, 0.25) is 0 Å². The van der Waals surface area contributed by atoms with Gasteiger partial charge in [-0.1, -0.05) is 6.42 Å². The van der Waals surface area contributed by atoms with Crippen LogP contribution in [0.4, 0.5) is 0 Å². The molecule has 0 aliphatic heterocycles. The number of hydrogen-bond acceptors (Lipinski definition) is 2. The van der Waals surface area contributed by atoms with E-state index in [0.717, 1.165) is 25.7 Å². The van der Waals surface area contributed by atoms with Gasteiger partial charge in [-0.2, -0.15) is 5.26 Å².